The number of sulfonamides is 1. The number of nitrogens with one attached hydrogen (secondary N) is 2. The van der Waals surface area contributed by atoms with Gasteiger partial charge in [0.2, 0.25) is 10.0 Å². The number of morpholine rings is 1. The molecule has 0 aromatic carbocycles. The van der Waals surface area contributed by atoms with Crippen molar-refractivity contribution < 1.29 is 13.2 Å². The van der Waals surface area contributed by atoms with E-state index < -0.39 is 10.0 Å². The van der Waals surface area contributed by atoms with E-state index in [9.17, 15) is 8.42 Å². The number of ether oxygens (including phenoxy) is 1. The minimum atomic E-state index is -3.16. The van der Waals surface area contributed by atoms with Crippen molar-refractivity contribution in [1.82, 2.24) is 20.0 Å². The summed E-state index contributed by atoms with van der Waals surface area (Å²) in [6.07, 6.45) is 4.89. The minimum absolute atomic E-state index is 0.0796. The van der Waals surface area contributed by atoms with Crippen LogP contribution in [0.2, 0.25) is 0 Å². The molecular formula is C11H18N4O3S. The van der Waals surface area contributed by atoms with E-state index >= 15 is 0 Å². The molecule has 2 rings (SSSR count). The fraction of sp³-hybridized carbons (Fsp3) is 0.636. The Morgan fingerprint density at radius 1 is 1.53 bits per heavy atom. The lowest BCUT2D eigenvalue weighted by atomic mass is 10.2. The molecule has 2 N–H and O–H groups in total. The third kappa shape index (κ3) is 4.83. The van der Waals surface area contributed by atoms with Crippen LogP contribution in [0.1, 0.15) is 17.5 Å². The zero-order valence-electron chi connectivity index (χ0n) is 10.8. The van der Waals surface area contributed by atoms with Gasteiger partial charge in [-0.15, -0.1) is 0 Å². The first-order valence-corrected chi connectivity index (χ1v) is 8.01. The zero-order valence-corrected chi connectivity index (χ0v) is 11.6. The van der Waals surface area contributed by atoms with Gasteiger partial charge in [0.1, 0.15) is 6.10 Å². The van der Waals surface area contributed by atoms with Crippen LogP contribution in [0.3, 0.4) is 0 Å². The summed E-state index contributed by atoms with van der Waals surface area (Å²) < 4.78 is 30.0. The highest BCUT2D eigenvalue weighted by Crippen LogP contribution is 2.15. The van der Waals surface area contributed by atoms with Crippen molar-refractivity contribution in [2.75, 3.05) is 32.5 Å². The molecule has 19 heavy (non-hydrogen) atoms. The monoisotopic (exact) mass is 286 g/mol. The standard InChI is InChI=1S/C11H18N4O3S/c1-19(16,17)14-3-2-9-6-13-7-10(15-9)11-8-12-4-5-18-11/h6-7,11-12,14H,2-5,8H2,1H3. The van der Waals surface area contributed by atoms with E-state index in [1.165, 1.54) is 0 Å². The summed E-state index contributed by atoms with van der Waals surface area (Å²) in [5.41, 5.74) is 1.53. The fourth-order valence-electron chi connectivity index (χ4n) is 1.82. The Labute approximate surface area is 112 Å². The molecule has 1 unspecified atom stereocenters. The molecule has 1 saturated heterocycles. The number of hydrogen-bond acceptors (Lipinski definition) is 6. The van der Waals surface area contributed by atoms with Crippen LogP contribution in [0.5, 0.6) is 0 Å². The Morgan fingerprint density at radius 2 is 2.37 bits per heavy atom. The van der Waals surface area contributed by atoms with Crippen LogP contribution in [0.15, 0.2) is 12.4 Å². The molecule has 0 spiro atoms. The second-order valence-electron chi connectivity index (χ2n) is 4.42. The SMILES string of the molecule is CS(=O)(=O)NCCc1cncc(C2CNCCO2)n1. The Bertz CT molecular complexity index is 514. The number of hydrogen-bond donors (Lipinski definition) is 2. The first-order chi connectivity index (χ1) is 9.04. The smallest absolute Gasteiger partial charge is 0.208 e. The van der Waals surface area contributed by atoms with E-state index in [1.54, 1.807) is 12.4 Å². The van der Waals surface area contributed by atoms with Gasteiger partial charge in [-0.1, -0.05) is 0 Å². The van der Waals surface area contributed by atoms with E-state index in [0.29, 0.717) is 19.6 Å². The molecule has 0 amide bonds. The number of nitrogens with zero attached hydrogens (tertiary/aromatic N) is 2. The summed E-state index contributed by atoms with van der Waals surface area (Å²) in [5, 5.41) is 3.23. The summed E-state index contributed by atoms with van der Waals surface area (Å²) >= 11 is 0. The minimum Gasteiger partial charge on any atom is -0.369 e. The van der Waals surface area contributed by atoms with E-state index in [-0.39, 0.29) is 6.10 Å². The molecule has 1 aromatic rings. The summed E-state index contributed by atoms with van der Waals surface area (Å²) in [5.74, 6) is 0. The van der Waals surface area contributed by atoms with E-state index in [2.05, 4.69) is 20.0 Å². The Kier molecular flexibility index (Phi) is 4.81. The molecule has 0 radical (unpaired) electrons. The van der Waals surface area contributed by atoms with Gasteiger partial charge < -0.3 is 10.1 Å². The van der Waals surface area contributed by atoms with Crippen molar-refractivity contribution in [1.29, 1.82) is 0 Å². The lowest BCUT2D eigenvalue weighted by molar-refractivity contribution is 0.0247. The predicted octanol–water partition coefficient (Wildman–Crippen LogP) is -0.771. The second kappa shape index (κ2) is 6.38. The summed E-state index contributed by atoms with van der Waals surface area (Å²) in [6, 6.07) is 0. The maximum atomic E-state index is 11.0. The van der Waals surface area contributed by atoms with E-state index in [1.807, 2.05) is 0 Å². The molecule has 1 fully saturated rings. The van der Waals surface area contributed by atoms with Gasteiger partial charge in [-0.3, -0.25) is 9.97 Å². The van der Waals surface area contributed by atoms with Crippen LogP contribution in [0, 0.1) is 0 Å². The van der Waals surface area contributed by atoms with E-state index in [4.69, 9.17) is 4.74 Å². The second-order valence-corrected chi connectivity index (χ2v) is 6.25. The molecule has 1 aliphatic heterocycles. The largest absolute Gasteiger partial charge is 0.369 e. The molecule has 106 valence electrons. The molecule has 2 heterocycles. The maximum absolute atomic E-state index is 11.0. The molecule has 7 nitrogen and oxygen atoms in total. The summed E-state index contributed by atoms with van der Waals surface area (Å²) in [7, 11) is -3.16. The third-order valence-electron chi connectivity index (χ3n) is 2.71. The quantitative estimate of drug-likeness (QED) is 0.738. The maximum Gasteiger partial charge on any atom is 0.208 e. The van der Waals surface area contributed by atoms with Gasteiger partial charge in [0, 0.05) is 32.3 Å². The third-order valence-corrected chi connectivity index (χ3v) is 3.43. The molecule has 1 aromatic heterocycles. The molecule has 1 atom stereocenters. The first kappa shape index (κ1) is 14.3. The number of aromatic nitrogens is 2. The van der Waals surface area contributed by atoms with Gasteiger partial charge in [-0.25, -0.2) is 13.1 Å². The van der Waals surface area contributed by atoms with Crippen LogP contribution < -0.4 is 10.0 Å². The van der Waals surface area contributed by atoms with Crippen LogP contribution in [-0.4, -0.2) is 50.9 Å². The normalized spacial score (nSPS) is 20.4. The van der Waals surface area contributed by atoms with Crippen LogP contribution in [0.25, 0.3) is 0 Å². The fourth-order valence-corrected chi connectivity index (χ4v) is 2.29. The van der Waals surface area contributed by atoms with Crippen molar-refractivity contribution in [3.8, 4) is 0 Å². The Hall–Kier alpha value is -1.09. The van der Waals surface area contributed by atoms with Gasteiger partial charge in [0.05, 0.1) is 30.4 Å². The first-order valence-electron chi connectivity index (χ1n) is 6.12. The van der Waals surface area contributed by atoms with Gasteiger partial charge >= 0.3 is 0 Å². The van der Waals surface area contributed by atoms with Gasteiger partial charge in [0.15, 0.2) is 0 Å². The lowest BCUT2D eigenvalue weighted by Gasteiger charge is -2.23. The van der Waals surface area contributed by atoms with E-state index in [0.717, 1.165) is 30.7 Å². The highest BCUT2D eigenvalue weighted by molar-refractivity contribution is 7.88. The molecule has 0 bridgehead atoms. The van der Waals surface area contributed by atoms with Crippen LogP contribution in [0.4, 0.5) is 0 Å². The van der Waals surface area contributed by atoms with Crippen molar-refractivity contribution in [3.63, 3.8) is 0 Å². The van der Waals surface area contributed by atoms with Gasteiger partial charge in [0.25, 0.3) is 0 Å². The average Bonchev–Trinajstić information content (AvgIpc) is 2.39. The van der Waals surface area contributed by atoms with Gasteiger partial charge in [-0.2, -0.15) is 0 Å². The zero-order chi connectivity index (χ0) is 13.7. The lowest BCUT2D eigenvalue weighted by Crippen LogP contribution is -2.34. The van der Waals surface area contributed by atoms with Gasteiger partial charge in [-0.05, 0) is 0 Å². The predicted molar refractivity (Wildman–Crippen MR) is 70.1 cm³/mol. The highest BCUT2D eigenvalue weighted by atomic mass is 32.2. The molecular weight excluding hydrogens is 268 g/mol. The van der Waals surface area contributed by atoms with Crippen molar-refractivity contribution >= 4 is 10.0 Å². The van der Waals surface area contributed by atoms with Crippen molar-refractivity contribution in [3.05, 3.63) is 23.8 Å². The van der Waals surface area contributed by atoms with Crippen molar-refractivity contribution in [2.45, 2.75) is 12.5 Å². The van der Waals surface area contributed by atoms with Crippen LogP contribution >= 0.6 is 0 Å². The molecule has 8 heteroatoms. The molecule has 0 aliphatic carbocycles. The van der Waals surface area contributed by atoms with Crippen molar-refractivity contribution in [2.24, 2.45) is 0 Å². The van der Waals surface area contributed by atoms with Crippen LogP contribution in [-0.2, 0) is 21.2 Å². The molecule has 0 saturated carbocycles. The summed E-state index contributed by atoms with van der Waals surface area (Å²) in [4.78, 5) is 8.58. The summed E-state index contributed by atoms with van der Waals surface area (Å²) in [6.45, 7) is 2.55. The molecule has 1 aliphatic rings. The topological polar surface area (TPSA) is 93.2 Å². The Morgan fingerprint density at radius 3 is 3.05 bits per heavy atom. The Balaban J connectivity index is 1.94. The average molecular weight is 286 g/mol. The highest BCUT2D eigenvalue weighted by Gasteiger charge is 2.17. The number of rotatable bonds is 5.